The van der Waals surface area contributed by atoms with E-state index in [2.05, 4.69) is 20.9 Å². The van der Waals surface area contributed by atoms with Crippen molar-refractivity contribution >= 4 is 36.6 Å². The molecule has 6 nitrogen and oxygen atoms in total. The van der Waals surface area contributed by atoms with Crippen molar-refractivity contribution in [2.24, 2.45) is 5.73 Å². The lowest BCUT2D eigenvalue weighted by atomic mass is 9.78. The first-order valence-electron chi connectivity index (χ1n) is 7.79. The van der Waals surface area contributed by atoms with Gasteiger partial charge in [0, 0.05) is 31.6 Å². The maximum atomic E-state index is 5.89. The summed E-state index contributed by atoms with van der Waals surface area (Å²) in [6, 6.07) is 10.3. The topological polar surface area (TPSA) is 90.3 Å². The predicted octanol–water partition coefficient (Wildman–Crippen LogP) is 2.75. The van der Waals surface area contributed by atoms with Gasteiger partial charge in [0.15, 0.2) is 0 Å². The molecule has 1 aromatic heterocycles. The molecular formula is C17H25Cl2N5O. The summed E-state index contributed by atoms with van der Waals surface area (Å²) in [7, 11) is 3.67. The van der Waals surface area contributed by atoms with Crippen LogP contribution in [0.1, 0.15) is 30.0 Å². The lowest BCUT2D eigenvalue weighted by Gasteiger charge is -2.32. The summed E-state index contributed by atoms with van der Waals surface area (Å²) in [6.45, 7) is 0.720. The van der Waals surface area contributed by atoms with E-state index in [4.69, 9.17) is 16.2 Å². The highest BCUT2D eigenvalue weighted by atomic mass is 35.5. The van der Waals surface area contributed by atoms with Crippen LogP contribution < -0.4 is 21.1 Å². The van der Waals surface area contributed by atoms with E-state index in [0.29, 0.717) is 11.9 Å². The molecule has 0 unspecified atom stereocenters. The molecule has 0 saturated heterocycles. The van der Waals surface area contributed by atoms with Crippen LogP contribution in [-0.2, 0) is 6.54 Å². The van der Waals surface area contributed by atoms with Gasteiger partial charge in [0.2, 0.25) is 5.95 Å². The summed E-state index contributed by atoms with van der Waals surface area (Å²) in [5.74, 6) is 2.40. The Bertz CT molecular complexity index is 694. The number of hydrogen-bond acceptors (Lipinski definition) is 6. The summed E-state index contributed by atoms with van der Waals surface area (Å²) in [6.07, 6.45) is 1.94. The zero-order valence-electron chi connectivity index (χ0n) is 14.4. The average molecular weight is 386 g/mol. The summed E-state index contributed by atoms with van der Waals surface area (Å²) in [5, 5.41) is 0. The molecule has 0 atom stereocenters. The van der Waals surface area contributed by atoms with Crippen LogP contribution in [-0.4, -0.2) is 30.2 Å². The van der Waals surface area contributed by atoms with Gasteiger partial charge in [0.1, 0.15) is 11.6 Å². The van der Waals surface area contributed by atoms with Gasteiger partial charge in [-0.2, -0.15) is 4.98 Å². The minimum atomic E-state index is 0. The molecule has 0 radical (unpaired) electrons. The van der Waals surface area contributed by atoms with Crippen LogP contribution in [0.15, 0.2) is 30.3 Å². The molecule has 3 rings (SSSR count). The first-order valence-corrected chi connectivity index (χ1v) is 7.79. The smallest absolute Gasteiger partial charge is 0.222 e. The quantitative estimate of drug-likeness (QED) is 0.821. The number of aromatic nitrogens is 2. The first-order chi connectivity index (χ1) is 11.0. The Balaban J connectivity index is 0.00000156. The van der Waals surface area contributed by atoms with Gasteiger partial charge in [0.05, 0.1) is 12.8 Å². The van der Waals surface area contributed by atoms with Gasteiger partial charge in [-0.25, -0.2) is 4.98 Å². The second kappa shape index (κ2) is 9.08. The van der Waals surface area contributed by atoms with Crippen LogP contribution in [0, 0.1) is 0 Å². The monoisotopic (exact) mass is 385 g/mol. The van der Waals surface area contributed by atoms with Crippen LogP contribution in [0.2, 0.25) is 0 Å². The standard InChI is InChI=1S/C17H23N5O.2ClH/c1-22(10-11-4-3-5-14(6-11)23-2)16-9-15(20-17(19)21-16)12-7-13(18)8-12;;/h3-6,9,12-13H,7-8,10,18H2,1-2H3,(H2,19,20,21);2*1H. The molecule has 0 spiro atoms. The van der Waals surface area contributed by atoms with E-state index in [1.807, 2.05) is 31.3 Å². The number of benzene rings is 1. The van der Waals surface area contributed by atoms with Crippen molar-refractivity contribution in [3.05, 3.63) is 41.6 Å². The lowest BCUT2D eigenvalue weighted by molar-refractivity contribution is 0.345. The van der Waals surface area contributed by atoms with Crippen molar-refractivity contribution in [1.29, 1.82) is 0 Å². The van der Waals surface area contributed by atoms with Crippen molar-refractivity contribution in [2.75, 3.05) is 24.8 Å². The fraction of sp³-hybridized carbons (Fsp3) is 0.412. The number of nitrogens with two attached hydrogens (primary N) is 2. The SMILES string of the molecule is COc1cccc(CN(C)c2cc(C3CC(N)C3)nc(N)n2)c1.Cl.Cl. The number of halogens is 2. The van der Waals surface area contributed by atoms with E-state index in [-0.39, 0.29) is 30.9 Å². The summed E-state index contributed by atoms with van der Waals surface area (Å²) in [4.78, 5) is 10.8. The molecule has 0 aliphatic heterocycles. The molecule has 1 aromatic carbocycles. The molecule has 1 fully saturated rings. The van der Waals surface area contributed by atoms with Crippen LogP contribution >= 0.6 is 24.8 Å². The molecule has 0 bridgehead atoms. The van der Waals surface area contributed by atoms with Crippen LogP contribution in [0.3, 0.4) is 0 Å². The van der Waals surface area contributed by atoms with Gasteiger partial charge in [-0.05, 0) is 30.5 Å². The third-order valence-electron chi connectivity index (χ3n) is 4.29. The molecule has 8 heteroatoms. The maximum absolute atomic E-state index is 5.89. The number of nitrogens with zero attached hydrogens (tertiary/aromatic N) is 3. The number of rotatable bonds is 5. The largest absolute Gasteiger partial charge is 0.497 e. The zero-order chi connectivity index (χ0) is 16.4. The Morgan fingerprint density at radius 1 is 1.20 bits per heavy atom. The third-order valence-corrected chi connectivity index (χ3v) is 4.29. The second-order valence-corrected chi connectivity index (χ2v) is 6.15. The van der Waals surface area contributed by atoms with Crippen molar-refractivity contribution in [2.45, 2.75) is 31.3 Å². The lowest BCUT2D eigenvalue weighted by Crippen LogP contribution is -2.35. The highest BCUT2D eigenvalue weighted by molar-refractivity contribution is 5.85. The molecule has 138 valence electrons. The van der Waals surface area contributed by atoms with E-state index in [1.165, 1.54) is 0 Å². The molecule has 1 aliphatic rings. The van der Waals surface area contributed by atoms with Crippen molar-refractivity contribution in [3.8, 4) is 5.75 Å². The zero-order valence-corrected chi connectivity index (χ0v) is 16.0. The fourth-order valence-corrected chi connectivity index (χ4v) is 2.91. The fourth-order valence-electron chi connectivity index (χ4n) is 2.91. The Morgan fingerprint density at radius 3 is 2.56 bits per heavy atom. The average Bonchev–Trinajstić information content (AvgIpc) is 2.51. The third kappa shape index (κ3) is 5.11. The van der Waals surface area contributed by atoms with E-state index in [1.54, 1.807) is 7.11 Å². The summed E-state index contributed by atoms with van der Waals surface area (Å²) < 4.78 is 5.27. The van der Waals surface area contributed by atoms with Gasteiger partial charge < -0.3 is 21.1 Å². The number of anilines is 2. The number of nitrogen functional groups attached to an aromatic ring is 1. The Morgan fingerprint density at radius 2 is 1.92 bits per heavy atom. The number of hydrogen-bond donors (Lipinski definition) is 2. The maximum Gasteiger partial charge on any atom is 0.222 e. The minimum absolute atomic E-state index is 0. The highest BCUT2D eigenvalue weighted by Crippen LogP contribution is 2.35. The summed E-state index contributed by atoms with van der Waals surface area (Å²) in [5.41, 5.74) is 13.9. The van der Waals surface area contributed by atoms with Crippen molar-refractivity contribution in [3.63, 3.8) is 0 Å². The molecule has 2 aromatic rings. The highest BCUT2D eigenvalue weighted by Gasteiger charge is 2.29. The van der Waals surface area contributed by atoms with Gasteiger partial charge in [0.25, 0.3) is 0 Å². The Hall–Kier alpha value is -1.76. The van der Waals surface area contributed by atoms with E-state index in [0.717, 1.165) is 42.2 Å². The second-order valence-electron chi connectivity index (χ2n) is 6.15. The van der Waals surface area contributed by atoms with E-state index in [9.17, 15) is 0 Å². The normalized spacial score (nSPS) is 18.4. The van der Waals surface area contributed by atoms with Gasteiger partial charge in [-0.15, -0.1) is 24.8 Å². The Labute approximate surface area is 160 Å². The molecule has 4 N–H and O–H groups in total. The molecular weight excluding hydrogens is 361 g/mol. The minimum Gasteiger partial charge on any atom is -0.497 e. The number of methoxy groups -OCH3 is 1. The van der Waals surface area contributed by atoms with Crippen molar-refractivity contribution < 1.29 is 4.74 Å². The predicted molar refractivity (Wildman–Crippen MR) is 106 cm³/mol. The molecule has 0 amide bonds. The van der Waals surface area contributed by atoms with E-state index < -0.39 is 0 Å². The first kappa shape index (κ1) is 21.3. The van der Waals surface area contributed by atoms with Crippen molar-refractivity contribution in [1.82, 2.24) is 9.97 Å². The van der Waals surface area contributed by atoms with Gasteiger partial charge >= 0.3 is 0 Å². The Kier molecular flexibility index (Phi) is 7.73. The molecule has 1 aliphatic carbocycles. The van der Waals surface area contributed by atoms with Gasteiger partial charge in [-0.3, -0.25) is 0 Å². The van der Waals surface area contributed by atoms with Crippen LogP contribution in [0.25, 0.3) is 0 Å². The van der Waals surface area contributed by atoms with Crippen LogP contribution in [0.5, 0.6) is 5.75 Å². The van der Waals surface area contributed by atoms with Gasteiger partial charge in [-0.1, -0.05) is 12.1 Å². The molecule has 1 heterocycles. The van der Waals surface area contributed by atoms with Crippen LogP contribution in [0.4, 0.5) is 11.8 Å². The molecule has 1 saturated carbocycles. The van der Waals surface area contributed by atoms with E-state index >= 15 is 0 Å². The summed E-state index contributed by atoms with van der Waals surface area (Å²) >= 11 is 0. The number of ether oxygens (including phenoxy) is 1. The molecule has 25 heavy (non-hydrogen) atoms.